The molecule has 11 heteroatoms. The van der Waals surface area contributed by atoms with E-state index in [0.717, 1.165) is 18.5 Å². The Morgan fingerprint density at radius 2 is 2.09 bits per heavy atom. The van der Waals surface area contributed by atoms with E-state index in [1.165, 1.54) is 0 Å². The zero-order valence-corrected chi connectivity index (χ0v) is 20.3. The topological polar surface area (TPSA) is 123 Å². The molecule has 33 heavy (non-hydrogen) atoms. The molecule has 0 radical (unpaired) electrons. The number of anilines is 1. The number of aromatic amines is 1. The summed E-state index contributed by atoms with van der Waals surface area (Å²) in [5, 5.41) is 3.31. The molecule has 0 spiro atoms. The van der Waals surface area contributed by atoms with Crippen LogP contribution in [0.5, 0.6) is 0 Å². The van der Waals surface area contributed by atoms with Gasteiger partial charge in [0.05, 0.1) is 31.0 Å². The summed E-state index contributed by atoms with van der Waals surface area (Å²) in [5.41, 5.74) is 0.909. The Hall–Kier alpha value is -2.59. The minimum Gasteiger partial charge on any atom is -0.461 e. The van der Waals surface area contributed by atoms with Gasteiger partial charge in [0.1, 0.15) is 5.76 Å². The average molecular weight is 482 g/mol. The van der Waals surface area contributed by atoms with E-state index in [-0.39, 0.29) is 29.6 Å². The first kappa shape index (κ1) is 25.0. The molecule has 0 unspecified atom stereocenters. The van der Waals surface area contributed by atoms with Crippen molar-refractivity contribution >= 4 is 29.5 Å². The molecule has 2 aromatic heterocycles. The SMILES string of the molecule is CCCCOC(=O)c1nc(N2CC[C@@H](NC(=O)c3nc(Cl)c(CC)[nH]3)[C@@H](OCC)C2)oc1C. The predicted molar refractivity (Wildman–Crippen MR) is 123 cm³/mol. The van der Waals surface area contributed by atoms with Gasteiger partial charge in [0.15, 0.2) is 16.7 Å². The third kappa shape index (κ3) is 6.05. The fourth-order valence-electron chi connectivity index (χ4n) is 3.69. The van der Waals surface area contributed by atoms with Crippen molar-refractivity contribution in [3.63, 3.8) is 0 Å². The van der Waals surface area contributed by atoms with Crippen molar-refractivity contribution in [3.8, 4) is 0 Å². The highest BCUT2D eigenvalue weighted by Crippen LogP contribution is 2.24. The van der Waals surface area contributed by atoms with Gasteiger partial charge in [-0.05, 0) is 33.1 Å². The summed E-state index contributed by atoms with van der Waals surface area (Å²) in [7, 11) is 0. The number of ether oxygens (including phenoxy) is 2. The van der Waals surface area contributed by atoms with Crippen LogP contribution in [0.15, 0.2) is 4.42 Å². The Kier molecular flexibility index (Phi) is 8.74. The molecule has 1 aliphatic rings. The lowest BCUT2D eigenvalue weighted by atomic mass is 10.0. The molecule has 1 saturated heterocycles. The number of H-pyrrole nitrogens is 1. The number of piperidine rings is 1. The number of nitrogens with zero attached hydrogens (tertiary/aromatic N) is 3. The number of nitrogens with one attached hydrogen (secondary N) is 2. The summed E-state index contributed by atoms with van der Waals surface area (Å²) in [6, 6.07) is 0.118. The molecule has 2 aromatic rings. The Bertz CT molecular complexity index is 959. The van der Waals surface area contributed by atoms with Gasteiger partial charge in [-0.15, -0.1) is 0 Å². The highest BCUT2D eigenvalue weighted by Gasteiger charge is 2.34. The number of halogens is 1. The lowest BCUT2D eigenvalue weighted by Crippen LogP contribution is -2.55. The number of imidazole rings is 1. The Balaban J connectivity index is 1.66. The number of hydrogen-bond acceptors (Lipinski definition) is 8. The molecule has 3 heterocycles. The Morgan fingerprint density at radius 1 is 1.30 bits per heavy atom. The van der Waals surface area contributed by atoms with Gasteiger partial charge in [0.25, 0.3) is 11.9 Å². The third-order valence-electron chi connectivity index (χ3n) is 5.53. The maximum atomic E-state index is 12.7. The molecular weight excluding hydrogens is 450 g/mol. The van der Waals surface area contributed by atoms with E-state index in [0.29, 0.717) is 56.1 Å². The molecular formula is C22H32ClN5O5. The van der Waals surface area contributed by atoms with Crippen LogP contribution in [0.2, 0.25) is 5.15 Å². The summed E-state index contributed by atoms with van der Waals surface area (Å²) < 4.78 is 16.9. The van der Waals surface area contributed by atoms with Crippen LogP contribution in [0, 0.1) is 6.92 Å². The molecule has 1 amide bonds. The third-order valence-corrected chi connectivity index (χ3v) is 5.85. The maximum Gasteiger partial charge on any atom is 0.360 e. The van der Waals surface area contributed by atoms with E-state index < -0.39 is 5.97 Å². The summed E-state index contributed by atoms with van der Waals surface area (Å²) in [5.74, 6) is -0.216. The van der Waals surface area contributed by atoms with Gasteiger partial charge >= 0.3 is 5.97 Å². The number of aryl methyl sites for hydroxylation is 2. The number of carbonyl (C=O) groups is 2. The molecule has 0 aliphatic carbocycles. The second kappa shape index (κ2) is 11.5. The van der Waals surface area contributed by atoms with Crippen LogP contribution in [0.4, 0.5) is 6.01 Å². The first-order valence-electron chi connectivity index (χ1n) is 11.4. The van der Waals surface area contributed by atoms with E-state index in [4.69, 9.17) is 25.5 Å². The number of amides is 1. The van der Waals surface area contributed by atoms with Gasteiger partial charge in [-0.3, -0.25) is 4.79 Å². The number of hydrogen-bond donors (Lipinski definition) is 2. The number of aromatic nitrogens is 3. The number of carbonyl (C=O) groups excluding carboxylic acids is 2. The van der Waals surface area contributed by atoms with Crippen LogP contribution >= 0.6 is 11.6 Å². The normalized spacial score (nSPS) is 18.4. The van der Waals surface area contributed by atoms with Gasteiger partial charge in [-0.2, -0.15) is 4.98 Å². The molecule has 3 rings (SSSR count). The standard InChI is InChI=1S/C22H32ClN5O5/c1-5-8-11-32-21(30)17-13(4)33-22(26-17)28-10-9-15(16(12-28)31-7-3)25-20(29)19-24-14(6-2)18(23)27-19/h15-16H,5-12H2,1-4H3,(H,24,27)(H,25,29)/t15-,16+/m1/s1. The summed E-state index contributed by atoms with van der Waals surface area (Å²) in [4.78, 5) is 38.4. The van der Waals surface area contributed by atoms with Gasteiger partial charge in [-0.1, -0.05) is 31.9 Å². The number of oxazole rings is 1. The van der Waals surface area contributed by atoms with Crippen LogP contribution in [-0.2, 0) is 15.9 Å². The number of unbranched alkanes of at least 4 members (excludes halogenated alkanes) is 1. The molecule has 2 atom stereocenters. The van der Waals surface area contributed by atoms with Gasteiger partial charge in [0.2, 0.25) is 0 Å². The van der Waals surface area contributed by atoms with E-state index >= 15 is 0 Å². The zero-order chi connectivity index (χ0) is 24.0. The minimum atomic E-state index is -0.483. The second-order valence-corrected chi connectivity index (χ2v) is 8.27. The summed E-state index contributed by atoms with van der Waals surface area (Å²) >= 11 is 6.07. The van der Waals surface area contributed by atoms with Gasteiger partial charge in [0, 0.05) is 13.2 Å². The molecule has 2 N–H and O–H groups in total. The lowest BCUT2D eigenvalue weighted by Gasteiger charge is -2.37. The fourth-order valence-corrected chi connectivity index (χ4v) is 3.96. The molecule has 1 fully saturated rings. The Labute approximate surface area is 198 Å². The summed E-state index contributed by atoms with van der Waals surface area (Å²) in [6.07, 6.45) is 2.70. The number of esters is 1. The zero-order valence-electron chi connectivity index (χ0n) is 19.6. The smallest absolute Gasteiger partial charge is 0.360 e. The van der Waals surface area contributed by atoms with Gasteiger partial charge in [-0.25, -0.2) is 9.78 Å². The van der Waals surface area contributed by atoms with Crippen LogP contribution in [0.25, 0.3) is 0 Å². The van der Waals surface area contributed by atoms with E-state index in [1.807, 2.05) is 25.7 Å². The molecule has 0 saturated carbocycles. The van der Waals surface area contributed by atoms with Crippen molar-refractivity contribution < 1.29 is 23.5 Å². The Morgan fingerprint density at radius 3 is 2.76 bits per heavy atom. The maximum absolute atomic E-state index is 12.7. The fraction of sp³-hybridized carbons (Fsp3) is 0.636. The predicted octanol–water partition coefficient (Wildman–Crippen LogP) is 3.29. The highest BCUT2D eigenvalue weighted by molar-refractivity contribution is 6.30. The number of rotatable bonds is 10. The van der Waals surface area contributed by atoms with Crippen LogP contribution < -0.4 is 10.2 Å². The van der Waals surface area contributed by atoms with Crippen molar-refractivity contribution in [2.45, 2.75) is 65.5 Å². The summed E-state index contributed by atoms with van der Waals surface area (Å²) in [6.45, 7) is 9.41. The molecule has 182 valence electrons. The van der Waals surface area contributed by atoms with Crippen molar-refractivity contribution in [1.82, 2.24) is 20.3 Å². The molecule has 0 aromatic carbocycles. The van der Waals surface area contributed by atoms with Crippen LogP contribution in [0.3, 0.4) is 0 Å². The van der Waals surface area contributed by atoms with Crippen LogP contribution in [0.1, 0.15) is 72.6 Å². The van der Waals surface area contributed by atoms with E-state index in [2.05, 4.69) is 20.3 Å². The van der Waals surface area contributed by atoms with Crippen LogP contribution in [-0.4, -0.2) is 65.3 Å². The molecule has 1 aliphatic heterocycles. The van der Waals surface area contributed by atoms with Crippen molar-refractivity contribution in [1.29, 1.82) is 0 Å². The van der Waals surface area contributed by atoms with Gasteiger partial charge < -0.3 is 29.1 Å². The monoisotopic (exact) mass is 481 g/mol. The van der Waals surface area contributed by atoms with E-state index in [9.17, 15) is 9.59 Å². The van der Waals surface area contributed by atoms with Crippen molar-refractivity contribution in [2.75, 3.05) is 31.2 Å². The molecule has 10 nitrogen and oxygen atoms in total. The van der Waals surface area contributed by atoms with E-state index in [1.54, 1.807) is 6.92 Å². The van der Waals surface area contributed by atoms with Crippen molar-refractivity contribution in [2.24, 2.45) is 0 Å². The highest BCUT2D eigenvalue weighted by atomic mass is 35.5. The largest absolute Gasteiger partial charge is 0.461 e. The lowest BCUT2D eigenvalue weighted by molar-refractivity contribution is 0.0262. The quantitative estimate of drug-likeness (QED) is 0.391. The minimum absolute atomic E-state index is 0.184. The molecule has 0 bridgehead atoms. The van der Waals surface area contributed by atoms with Crippen molar-refractivity contribution in [3.05, 3.63) is 28.1 Å². The second-order valence-electron chi connectivity index (χ2n) is 7.91. The average Bonchev–Trinajstić information content (AvgIpc) is 3.37. The first-order valence-corrected chi connectivity index (χ1v) is 11.8. The first-order chi connectivity index (χ1) is 15.9.